The van der Waals surface area contributed by atoms with Crippen LogP contribution in [0.2, 0.25) is 0 Å². The maximum absolute atomic E-state index is 9.21. The zero-order valence-electron chi connectivity index (χ0n) is 5.95. The SMILES string of the molecule is OP(=S)(S)SSc1ccccc1. The van der Waals surface area contributed by atoms with Crippen molar-refractivity contribution < 1.29 is 4.89 Å². The van der Waals surface area contributed by atoms with E-state index in [0.29, 0.717) is 0 Å². The molecule has 1 nitrogen and oxygen atoms in total. The summed E-state index contributed by atoms with van der Waals surface area (Å²) in [5.74, 6) is 0. The molecule has 66 valence electrons. The molecule has 1 aromatic rings. The summed E-state index contributed by atoms with van der Waals surface area (Å²) in [6.07, 6.45) is 0. The molecule has 0 heterocycles. The van der Waals surface area contributed by atoms with E-state index in [1.165, 1.54) is 21.2 Å². The Morgan fingerprint density at radius 2 is 1.92 bits per heavy atom. The van der Waals surface area contributed by atoms with Crippen LogP contribution in [0.4, 0.5) is 0 Å². The highest BCUT2D eigenvalue weighted by molar-refractivity contribution is 9.15. The van der Waals surface area contributed by atoms with E-state index in [2.05, 4.69) is 12.2 Å². The van der Waals surface area contributed by atoms with Crippen molar-refractivity contribution in [2.45, 2.75) is 4.90 Å². The molecule has 0 aliphatic rings. The van der Waals surface area contributed by atoms with Crippen LogP contribution >= 0.6 is 38.1 Å². The summed E-state index contributed by atoms with van der Waals surface area (Å²) in [5, 5.41) is 0. The second-order valence-corrected chi connectivity index (χ2v) is 13.2. The van der Waals surface area contributed by atoms with Crippen molar-refractivity contribution >= 4 is 49.9 Å². The smallest absolute Gasteiger partial charge is 0.179 e. The van der Waals surface area contributed by atoms with Crippen LogP contribution < -0.4 is 0 Å². The fraction of sp³-hybridized carbons (Fsp3) is 0. The van der Waals surface area contributed by atoms with Crippen molar-refractivity contribution in [3.8, 4) is 0 Å². The summed E-state index contributed by atoms with van der Waals surface area (Å²) in [6, 6.07) is 9.78. The van der Waals surface area contributed by atoms with Gasteiger partial charge in [0.1, 0.15) is 0 Å². The van der Waals surface area contributed by atoms with Crippen LogP contribution in [0.25, 0.3) is 0 Å². The van der Waals surface area contributed by atoms with Crippen molar-refractivity contribution in [1.82, 2.24) is 0 Å². The van der Waals surface area contributed by atoms with E-state index in [-0.39, 0.29) is 0 Å². The average molecular weight is 254 g/mol. The van der Waals surface area contributed by atoms with Gasteiger partial charge in [0.25, 0.3) is 0 Å². The highest BCUT2D eigenvalue weighted by Gasteiger charge is 2.07. The van der Waals surface area contributed by atoms with Gasteiger partial charge in [0, 0.05) is 4.90 Å². The number of thiol groups is 1. The first-order chi connectivity index (χ1) is 5.58. The van der Waals surface area contributed by atoms with Crippen molar-refractivity contribution in [1.29, 1.82) is 0 Å². The van der Waals surface area contributed by atoms with Crippen LogP contribution in [0.3, 0.4) is 0 Å². The van der Waals surface area contributed by atoms with E-state index < -0.39 is 4.67 Å². The number of rotatable bonds is 3. The minimum Gasteiger partial charge on any atom is -0.349 e. The molecule has 0 saturated heterocycles. The van der Waals surface area contributed by atoms with Crippen molar-refractivity contribution in [2.75, 3.05) is 0 Å². The van der Waals surface area contributed by atoms with Gasteiger partial charge in [-0.05, 0) is 45.1 Å². The Morgan fingerprint density at radius 1 is 1.33 bits per heavy atom. The quantitative estimate of drug-likeness (QED) is 0.488. The number of hydrogen-bond donors (Lipinski definition) is 2. The van der Waals surface area contributed by atoms with Crippen LogP contribution in [-0.2, 0) is 11.8 Å². The third-order valence-electron chi connectivity index (χ3n) is 0.974. The first kappa shape index (κ1) is 11.0. The molecule has 1 N–H and O–H groups in total. The molecule has 1 unspecified atom stereocenters. The molecule has 1 atom stereocenters. The molecule has 0 fully saturated rings. The predicted molar refractivity (Wildman–Crippen MR) is 65.4 cm³/mol. The van der Waals surface area contributed by atoms with E-state index >= 15 is 0 Å². The average Bonchev–Trinajstić information content (AvgIpc) is 2.02. The van der Waals surface area contributed by atoms with E-state index in [9.17, 15) is 4.89 Å². The molecule has 0 spiro atoms. The molecule has 0 bridgehead atoms. The lowest BCUT2D eigenvalue weighted by molar-refractivity contribution is 0.654. The lowest BCUT2D eigenvalue weighted by atomic mass is 10.4. The molecule has 0 aliphatic carbocycles. The highest BCUT2D eigenvalue weighted by atomic mass is 33.5. The van der Waals surface area contributed by atoms with Gasteiger partial charge in [0.05, 0.1) is 0 Å². The summed E-state index contributed by atoms with van der Waals surface area (Å²) in [7, 11) is 2.71. The summed E-state index contributed by atoms with van der Waals surface area (Å²) in [6.45, 7) is 0. The first-order valence-electron chi connectivity index (χ1n) is 3.05. The second-order valence-electron chi connectivity index (χ2n) is 1.96. The van der Waals surface area contributed by atoms with Crippen molar-refractivity contribution in [2.24, 2.45) is 0 Å². The zero-order valence-corrected chi connectivity index (χ0v) is 10.2. The van der Waals surface area contributed by atoms with Gasteiger partial charge in [0.2, 0.25) is 0 Å². The van der Waals surface area contributed by atoms with Crippen LogP contribution in [0.1, 0.15) is 0 Å². The third kappa shape index (κ3) is 4.80. The fourth-order valence-corrected chi connectivity index (χ4v) is 5.27. The van der Waals surface area contributed by atoms with Crippen LogP contribution in [0.5, 0.6) is 0 Å². The van der Waals surface area contributed by atoms with Gasteiger partial charge in [0.15, 0.2) is 4.67 Å². The molecular formula is C6H7OPS4. The second kappa shape index (κ2) is 4.94. The van der Waals surface area contributed by atoms with Gasteiger partial charge in [-0.15, -0.1) is 12.2 Å². The standard InChI is InChI=1S/C6H7OPS4/c7-8(9,10)12-11-6-4-2-1-3-5-6/h1-5H,(H2,7,9,10). The summed E-state index contributed by atoms with van der Waals surface area (Å²) >= 11 is 8.67. The molecular weight excluding hydrogens is 247 g/mol. The summed E-state index contributed by atoms with van der Waals surface area (Å²) < 4.78 is -2.42. The van der Waals surface area contributed by atoms with Crippen LogP contribution in [0.15, 0.2) is 35.2 Å². The normalized spacial score (nSPS) is 15.5. The summed E-state index contributed by atoms with van der Waals surface area (Å²) in [4.78, 5) is 10.3. The molecule has 1 aromatic carbocycles. The maximum Gasteiger partial charge on any atom is 0.179 e. The largest absolute Gasteiger partial charge is 0.349 e. The van der Waals surface area contributed by atoms with Gasteiger partial charge in [-0.2, -0.15) is 0 Å². The van der Waals surface area contributed by atoms with E-state index in [0.717, 1.165) is 4.90 Å². The van der Waals surface area contributed by atoms with E-state index in [4.69, 9.17) is 11.8 Å². The minimum absolute atomic E-state index is 1.08. The topological polar surface area (TPSA) is 20.2 Å². The lowest BCUT2D eigenvalue weighted by Crippen LogP contribution is -1.63. The molecule has 0 amide bonds. The van der Waals surface area contributed by atoms with E-state index in [1.807, 2.05) is 30.3 Å². The predicted octanol–water partition coefficient (Wildman–Crippen LogP) is 3.57. The Bertz CT molecular complexity index is 283. The molecule has 0 aromatic heterocycles. The monoisotopic (exact) mass is 254 g/mol. The highest BCUT2D eigenvalue weighted by Crippen LogP contribution is 2.65. The van der Waals surface area contributed by atoms with Crippen LogP contribution in [-0.4, -0.2) is 4.89 Å². The fourth-order valence-electron chi connectivity index (χ4n) is 0.568. The number of benzene rings is 1. The zero-order chi connectivity index (χ0) is 9.03. The molecule has 6 heteroatoms. The molecule has 0 radical (unpaired) electrons. The van der Waals surface area contributed by atoms with Crippen LogP contribution in [0, 0.1) is 0 Å². The molecule has 1 rings (SSSR count). The van der Waals surface area contributed by atoms with Crippen molar-refractivity contribution in [3.63, 3.8) is 0 Å². The maximum atomic E-state index is 9.21. The molecule has 0 aliphatic heterocycles. The van der Waals surface area contributed by atoms with Gasteiger partial charge >= 0.3 is 0 Å². The van der Waals surface area contributed by atoms with Gasteiger partial charge in [-0.25, -0.2) is 0 Å². The van der Waals surface area contributed by atoms with Gasteiger partial charge in [-0.1, -0.05) is 18.2 Å². The Hall–Kier alpha value is 0.880. The Kier molecular flexibility index (Phi) is 4.51. The molecule has 12 heavy (non-hydrogen) atoms. The Morgan fingerprint density at radius 3 is 2.42 bits per heavy atom. The van der Waals surface area contributed by atoms with E-state index in [1.54, 1.807) is 0 Å². The first-order valence-corrected chi connectivity index (χ1v) is 9.71. The summed E-state index contributed by atoms with van der Waals surface area (Å²) in [5.41, 5.74) is 0. The number of hydrogen-bond acceptors (Lipinski definition) is 3. The van der Waals surface area contributed by atoms with Gasteiger partial charge < -0.3 is 4.89 Å². The molecule has 0 saturated carbocycles. The third-order valence-corrected chi connectivity index (χ3v) is 8.95. The Labute approximate surface area is 89.7 Å². The van der Waals surface area contributed by atoms with Crippen molar-refractivity contribution in [3.05, 3.63) is 30.3 Å². The minimum atomic E-state index is -2.42. The Balaban J connectivity index is 2.50. The van der Waals surface area contributed by atoms with Gasteiger partial charge in [-0.3, -0.25) is 0 Å². The lowest BCUT2D eigenvalue weighted by Gasteiger charge is -2.04.